The van der Waals surface area contributed by atoms with Crippen molar-refractivity contribution >= 4 is 50.7 Å². The van der Waals surface area contributed by atoms with E-state index in [4.69, 9.17) is 11.6 Å². The highest BCUT2D eigenvalue weighted by atomic mass is 35.5. The van der Waals surface area contributed by atoms with Crippen LogP contribution in [-0.4, -0.2) is 59.0 Å². The normalized spacial score (nSPS) is 15.0. The zero-order chi connectivity index (χ0) is 21.5. The Morgan fingerprint density at radius 2 is 1.97 bits per heavy atom. The summed E-state index contributed by atoms with van der Waals surface area (Å²) in [5.74, 6) is -0.280. The van der Waals surface area contributed by atoms with Gasteiger partial charge >= 0.3 is 0 Å². The summed E-state index contributed by atoms with van der Waals surface area (Å²) >= 11 is 6.20. The van der Waals surface area contributed by atoms with E-state index in [1.165, 1.54) is 0 Å². The number of aromatic nitrogens is 3. The second-order valence-corrected chi connectivity index (χ2v) is 8.33. The number of fused-ring (bicyclic) bond motifs is 3. The number of hydrogen-bond acceptors (Lipinski definition) is 5. The van der Waals surface area contributed by atoms with Crippen LogP contribution in [0.2, 0.25) is 5.15 Å². The Morgan fingerprint density at radius 1 is 1.16 bits per heavy atom. The second kappa shape index (κ2) is 7.83. The third-order valence-electron chi connectivity index (χ3n) is 5.92. The van der Waals surface area contributed by atoms with Crippen molar-refractivity contribution < 1.29 is 4.79 Å². The number of benzene rings is 1. The molecule has 158 valence electrons. The number of pyridine rings is 2. The van der Waals surface area contributed by atoms with E-state index in [1.54, 1.807) is 24.5 Å². The third-order valence-corrected chi connectivity index (χ3v) is 6.22. The Bertz CT molecular complexity index is 1290. The Morgan fingerprint density at radius 3 is 2.74 bits per heavy atom. The molecule has 0 unspecified atom stereocenters. The van der Waals surface area contributed by atoms with Gasteiger partial charge in [-0.05, 0) is 43.8 Å². The largest absolute Gasteiger partial charge is 0.367 e. The highest BCUT2D eigenvalue weighted by molar-refractivity contribution is 6.33. The molecule has 0 saturated carbocycles. The number of carbonyl (C=O) groups excluding carboxylic acids is 1. The Labute approximate surface area is 185 Å². The number of carbonyl (C=O) groups is 1. The summed E-state index contributed by atoms with van der Waals surface area (Å²) in [5, 5.41) is 5.47. The van der Waals surface area contributed by atoms with Crippen LogP contribution in [-0.2, 0) is 0 Å². The van der Waals surface area contributed by atoms with Crippen molar-refractivity contribution in [1.82, 2.24) is 19.9 Å². The van der Waals surface area contributed by atoms with E-state index in [-0.39, 0.29) is 11.1 Å². The molecule has 8 heteroatoms. The third kappa shape index (κ3) is 3.49. The maximum absolute atomic E-state index is 13.2. The molecule has 4 aromatic rings. The Kier molecular flexibility index (Phi) is 5.00. The molecule has 0 radical (unpaired) electrons. The summed E-state index contributed by atoms with van der Waals surface area (Å²) in [6.07, 6.45) is 5.17. The van der Waals surface area contributed by atoms with E-state index in [1.807, 2.05) is 12.3 Å². The van der Waals surface area contributed by atoms with Crippen molar-refractivity contribution in [3.8, 4) is 0 Å². The van der Waals surface area contributed by atoms with Crippen LogP contribution < -0.4 is 10.2 Å². The lowest BCUT2D eigenvalue weighted by molar-refractivity contribution is 0.102. The van der Waals surface area contributed by atoms with Crippen molar-refractivity contribution in [2.24, 2.45) is 0 Å². The smallest absolute Gasteiger partial charge is 0.258 e. The summed E-state index contributed by atoms with van der Waals surface area (Å²) in [6, 6.07) is 7.58. The zero-order valence-corrected chi connectivity index (χ0v) is 18.2. The SMILES string of the molecule is Cc1cc2c([nH]c3cnccc32)c(NC(=O)c2cccnc2Cl)c1N1CCN(C)CC1. The van der Waals surface area contributed by atoms with Gasteiger partial charge in [0.15, 0.2) is 0 Å². The van der Waals surface area contributed by atoms with Crippen LogP contribution in [0.4, 0.5) is 11.4 Å². The quantitative estimate of drug-likeness (QED) is 0.475. The van der Waals surface area contributed by atoms with Gasteiger partial charge < -0.3 is 20.1 Å². The second-order valence-electron chi connectivity index (χ2n) is 7.97. The van der Waals surface area contributed by atoms with Crippen molar-refractivity contribution in [1.29, 1.82) is 0 Å². The predicted molar refractivity (Wildman–Crippen MR) is 125 cm³/mol. The van der Waals surface area contributed by atoms with E-state index in [2.05, 4.69) is 50.1 Å². The molecule has 1 saturated heterocycles. The lowest BCUT2D eigenvalue weighted by Gasteiger charge is -2.36. The van der Waals surface area contributed by atoms with Crippen LogP contribution in [0.5, 0.6) is 0 Å². The molecule has 7 nitrogen and oxygen atoms in total. The molecule has 0 spiro atoms. The topological polar surface area (TPSA) is 77.1 Å². The fourth-order valence-electron chi connectivity index (χ4n) is 4.31. The lowest BCUT2D eigenvalue weighted by atomic mass is 10.0. The van der Waals surface area contributed by atoms with Crippen molar-refractivity contribution in [3.05, 3.63) is 59.1 Å². The van der Waals surface area contributed by atoms with Crippen LogP contribution in [0.1, 0.15) is 15.9 Å². The first-order valence-corrected chi connectivity index (χ1v) is 10.6. The number of hydrogen-bond donors (Lipinski definition) is 2. The number of piperazine rings is 1. The minimum absolute atomic E-state index is 0.186. The lowest BCUT2D eigenvalue weighted by Crippen LogP contribution is -2.45. The van der Waals surface area contributed by atoms with Gasteiger partial charge in [-0.3, -0.25) is 9.78 Å². The summed E-state index contributed by atoms with van der Waals surface area (Å²) in [7, 11) is 2.13. The first-order valence-electron chi connectivity index (χ1n) is 10.3. The van der Waals surface area contributed by atoms with E-state index in [0.717, 1.165) is 64.9 Å². The molecule has 1 aliphatic rings. The van der Waals surface area contributed by atoms with Gasteiger partial charge in [0.2, 0.25) is 0 Å². The zero-order valence-electron chi connectivity index (χ0n) is 17.4. The average Bonchev–Trinajstić information content (AvgIpc) is 3.13. The van der Waals surface area contributed by atoms with Crippen molar-refractivity contribution in [2.45, 2.75) is 6.92 Å². The Balaban J connectivity index is 1.69. The Hall–Kier alpha value is -3.16. The maximum Gasteiger partial charge on any atom is 0.258 e. The minimum Gasteiger partial charge on any atom is -0.367 e. The number of halogens is 1. The first-order chi connectivity index (χ1) is 15.0. The molecule has 0 aliphatic carbocycles. The number of anilines is 2. The average molecular weight is 435 g/mol. The number of rotatable bonds is 3. The molecule has 2 N–H and O–H groups in total. The van der Waals surface area contributed by atoms with Gasteiger partial charge in [0.1, 0.15) is 5.15 Å². The van der Waals surface area contributed by atoms with Crippen LogP contribution >= 0.6 is 11.6 Å². The predicted octanol–water partition coefficient (Wildman–Crippen LogP) is 4.08. The molecule has 3 aromatic heterocycles. The van der Waals surface area contributed by atoms with E-state index in [0.29, 0.717) is 5.56 Å². The van der Waals surface area contributed by atoms with Gasteiger partial charge in [-0.2, -0.15) is 0 Å². The molecule has 1 aromatic carbocycles. The van der Waals surface area contributed by atoms with Gasteiger partial charge in [-0.15, -0.1) is 0 Å². The first kappa shape index (κ1) is 19.8. The maximum atomic E-state index is 13.2. The standard InChI is InChI=1S/C23H23ClN6O/c1-14-12-17-15-5-7-25-13-18(15)27-19(17)20(21(14)30-10-8-29(2)9-11-30)28-23(31)16-4-3-6-26-22(16)24/h3-7,12-13,27H,8-11H2,1-2H3,(H,28,31). The number of amides is 1. The molecular weight excluding hydrogens is 412 g/mol. The summed E-state index contributed by atoms with van der Waals surface area (Å²) in [5.41, 5.74) is 5.08. The van der Waals surface area contributed by atoms with Crippen LogP contribution in [0.3, 0.4) is 0 Å². The van der Waals surface area contributed by atoms with Crippen LogP contribution in [0.15, 0.2) is 42.9 Å². The van der Waals surface area contributed by atoms with Gasteiger partial charge in [-0.1, -0.05) is 11.6 Å². The molecule has 1 fully saturated rings. The molecule has 4 heterocycles. The monoisotopic (exact) mass is 434 g/mol. The fraction of sp³-hybridized carbons (Fsp3) is 0.261. The minimum atomic E-state index is -0.280. The fourth-order valence-corrected chi connectivity index (χ4v) is 4.51. The number of aromatic amines is 1. The molecule has 5 rings (SSSR count). The molecule has 1 aliphatic heterocycles. The van der Waals surface area contributed by atoms with Gasteiger partial charge in [-0.25, -0.2) is 4.98 Å². The molecule has 0 atom stereocenters. The number of H-pyrrole nitrogens is 1. The summed E-state index contributed by atoms with van der Waals surface area (Å²) < 4.78 is 0. The molecule has 0 bridgehead atoms. The van der Waals surface area contributed by atoms with Crippen LogP contribution in [0.25, 0.3) is 21.8 Å². The molecular formula is C23H23ClN6O. The number of aryl methyl sites for hydroxylation is 1. The number of likely N-dealkylation sites (N-methyl/N-ethyl adjacent to an activating group) is 1. The number of nitrogens with zero attached hydrogens (tertiary/aromatic N) is 4. The van der Waals surface area contributed by atoms with E-state index < -0.39 is 0 Å². The highest BCUT2D eigenvalue weighted by Gasteiger charge is 2.24. The van der Waals surface area contributed by atoms with E-state index in [9.17, 15) is 4.79 Å². The van der Waals surface area contributed by atoms with Gasteiger partial charge in [0, 0.05) is 49.3 Å². The van der Waals surface area contributed by atoms with Gasteiger partial charge in [0.05, 0.1) is 34.2 Å². The number of nitrogens with one attached hydrogen (secondary N) is 2. The highest BCUT2D eigenvalue weighted by Crippen LogP contribution is 2.40. The van der Waals surface area contributed by atoms with Crippen molar-refractivity contribution in [2.75, 3.05) is 43.4 Å². The van der Waals surface area contributed by atoms with Gasteiger partial charge in [0.25, 0.3) is 5.91 Å². The summed E-state index contributed by atoms with van der Waals surface area (Å²) in [4.78, 5) is 29.6. The molecule has 1 amide bonds. The molecule has 31 heavy (non-hydrogen) atoms. The van der Waals surface area contributed by atoms with Crippen LogP contribution in [0, 0.1) is 6.92 Å². The van der Waals surface area contributed by atoms with Crippen molar-refractivity contribution in [3.63, 3.8) is 0 Å². The van der Waals surface area contributed by atoms with E-state index >= 15 is 0 Å². The summed E-state index contributed by atoms with van der Waals surface area (Å²) in [6.45, 7) is 5.81.